The minimum atomic E-state index is -0.0585. The van der Waals surface area contributed by atoms with Gasteiger partial charge in [-0.25, -0.2) is 4.98 Å². The summed E-state index contributed by atoms with van der Waals surface area (Å²) in [7, 11) is 3.44. The zero-order valence-corrected chi connectivity index (χ0v) is 13.5. The van der Waals surface area contributed by atoms with Crippen molar-refractivity contribution < 1.29 is 4.79 Å². The summed E-state index contributed by atoms with van der Waals surface area (Å²) in [5, 5.41) is 4.35. The lowest BCUT2D eigenvalue weighted by Gasteiger charge is -2.16. The summed E-state index contributed by atoms with van der Waals surface area (Å²) in [5.74, 6) is -0.0585. The lowest BCUT2D eigenvalue weighted by atomic mass is 10.1. The topological polar surface area (TPSA) is 71.2 Å². The van der Waals surface area contributed by atoms with Crippen molar-refractivity contribution >= 4 is 28.6 Å². The molecule has 2 rings (SSSR count). The van der Waals surface area contributed by atoms with Crippen LogP contribution in [0, 0.1) is 6.92 Å². The Hall–Kier alpha value is -2.08. The summed E-state index contributed by atoms with van der Waals surface area (Å²) in [5.41, 5.74) is 7.99. The summed E-state index contributed by atoms with van der Waals surface area (Å²) >= 11 is 1.66. The Morgan fingerprint density at radius 1 is 1.43 bits per heavy atom. The minimum Gasteiger partial charge on any atom is -0.397 e. The Bertz CT molecular complexity index is 651. The maximum absolute atomic E-state index is 11.9. The molecule has 1 heterocycles. The van der Waals surface area contributed by atoms with Gasteiger partial charge in [0.15, 0.2) is 0 Å². The third-order valence-corrected chi connectivity index (χ3v) is 4.18. The molecule has 1 aromatic heterocycles. The SMILES string of the molecule is Cc1cnc(C(C)Nc2ccc(C(=O)N(C)C)cc2N)s1. The summed E-state index contributed by atoms with van der Waals surface area (Å²) in [4.78, 5) is 19.0. The number of hydrogen-bond donors (Lipinski definition) is 2. The van der Waals surface area contributed by atoms with Gasteiger partial charge in [0.1, 0.15) is 5.01 Å². The summed E-state index contributed by atoms with van der Waals surface area (Å²) in [6.07, 6.45) is 1.86. The van der Waals surface area contributed by atoms with Crippen molar-refractivity contribution in [1.29, 1.82) is 0 Å². The van der Waals surface area contributed by atoms with Crippen LogP contribution < -0.4 is 11.1 Å². The highest BCUT2D eigenvalue weighted by Crippen LogP contribution is 2.27. The van der Waals surface area contributed by atoms with Gasteiger partial charge in [-0.05, 0) is 32.0 Å². The third-order valence-electron chi connectivity index (χ3n) is 3.09. The molecule has 0 fully saturated rings. The lowest BCUT2D eigenvalue weighted by molar-refractivity contribution is 0.0827. The molecule has 0 saturated heterocycles. The average molecular weight is 304 g/mol. The third kappa shape index (κ3) is 3.52. The monoisotopic (exact) mass is 304 g/mol. The predicted octanol–water partition coefficient (Wildman–Crippen LogP) is 2.91. The molecule has 0 spiro atoms. The van der Waals surface area contributed by atoms with E-state index in [1.807, 2.05) is 26.1 Å². The van der Waals surface area contributed by atoms with E-state index in [4.69, 9.17) is 5.73 Å². The van der Waals surface area contributed by atoms with E-state index in [-0.39, 0.29) is 11.9 Å². The molecule has 112 valence electrons. The number of benzene rings is 1. The first kappa shape index (κ1) is 15.3. The van der Waals surface area contributed by atoms with Crippen molar-refractivity contribution in [2.75, 3.05) is 25.1 Å². The second kappa shape index (κ2) is 6.13. The number of aryl methyl sites for hydroxylation is 1. The fourth-order valence-electron chi connectivity index (χ4n) is 1.95. The molecule has 1 atom stereocenters. The van der Waals surface area contributed by atoms with Crippen LogP contribution in [0.2, 0.25) is 0 Å². The summed E-state index contributed by atoms with van der Waals surface area (Å²) in [6.45, 7) is 4.07. The molecule has 0 aliphatic heterocycles. The molecular weight excluding hydrogens is 284 g/mol. The number of aromatic nitrogens is 1. The highest BCUT2D eigenvalue weighted by Gasteiger charge is 2.13. The number of nitrogens with zero attached hydrogens (tertiary/aromatic N) is 2. The van der Waals surface area contributed by atoms with E-state index in [1.54, 1.807) is 37.6 Å². The van der Waals surface area contributed by atoms with Crippen LogP contribution in [0.5, 0.6) is 0 Å². The molecule has 0 bridgehead atoms. The Morgan fingerprint density at radius 2 is 2.14 bits per heavy atom. The van der Waals surface area contributed by atoms with E-state index < -0.39 is 0 Å². The number of nitrogens with one attached hydrogen (secondary N) is 1. The smallest absolute Gasteiger partial charge is 0.253 e. The van der Waals surface area contributed by atoms with Crippen LogP contribution >= 0.6 is 11.3 Å². The van der Waals surface area contributed by atoms with Crippen molar-refractivity contribution in [2.45, 2.75) is 19.9 Å². The number of thiazole rings is 1. The second-order valence-corrected chi connectivity index (χ2v) is 6.44. The number of amides is 1. The van der Waals surface area contributed by atoms with Gasteiger partial charge in [-0.3, -0.25) is 4.79 Å². The van der Waals surface area contributed by atoms with Gasteiger partial charge in [-0.2, -0.15) is 0 Å². The van der Waals surface area contributed by atoms with Crippen LogP contribution in [0.15, 0.2) is 24.4 Å². The van der Waals surface area contributed by atoms with E-state index in [2.05, 4.69) is 10.3 Å². The quantitative estimate of drug-likeness (QED) is 0.852. The number of anilines is 2. The van der Waals surface area contributed by atoms with E-state index >= 15 is 0 Å². The largest absolute Gasteiger partial charge is 0.397 e. The molecule has 2 aromatic rings. The first-order valence-electron chi connectivity index (χ1n) is 6.68. The second-order valence-electron chi connectivity index (χ2n) is 5.18. The van der Waals surface area contributed by atoms with Crippen LogP contribution in [-0.2, 0) is 0 Å². The van der Waals surface area contributed by atoms with Crippen molar-refractivity contribution in [2.24, 2.45) is 0 Å². The van der Waals surface area contributed by atoms with Crippen LogP contribution in [0.25, 0.3) is 0 Å². The normalized spacial score (nSPS) is 12.0. The maximum Gasteiger partial charge on any atom is 0.253 e. The standard InChI is InChI=1S/C15H20N4OS/c1-9-8-17-14(21-9)10(2)18-13-6-5-11(7-12(13)16)15(20)19(3)4/h5-8,10,18H,16H2,1-4H3. The molecule has 1 aromatic carbocycles. The zero-order chi connectivity index (χ0) is 15.6. The van der Waals surface area contributed by atoms with Gasteiger partial charge in [0.2, 0.25) is 0 Å². The molecule has 1 unspecified atom stereocenters. The fourth-order valence-corrected chi connectivity index (χ4v) is 2.73. The van der Waals surface area contributed by atoms with Gasteiger partial charge in [0, 0.05) is 30.7 Å². The Balaban J connectivity index is 2.16. The average Bonchev–Trinajstić information content (AvgIpc) is 2.86. The number of nitrogens with two attached hydrogens (primary N) is 1. The predicted molar refractivity (Wildman–Crippen MR) is 87.8 cm³/mol. The van der Waals surface area contributed by atoms with E-state index in [0.29, 0.717) is 11.3 Å². The van der Waals surface area contributed by atoms with Gasteiger partial charge < -0.3 is 16.0 Å². The van der Waals surface area contributed by atoms with Gasteiger partial charge in [0.05, 0.1) is 17.4 Å². The summed E-state index contributed by atoms with van der Waals surface area (Å²) in [6, 6.07) is 5.38. The van der Waals surface area contributed by atoms with Crippen LogP contribution in [0.1, 0.15) is 33.2 Å². The number of rotatable bonds is 4. The molecule has 6 heteroatoms. The lowest BCUT2D eigenvalue weighted by Crippen LogP contribution is -2.21. The van der Waals surface area contributed by atoms with E-state index in [0.717, 1.165) is 10.7 Å². The Kier molecular flexibility index (Phi) is 4.47. The van der Waals surface area contributed by atoms with Crippen LogP contribution in [0.4, 0.5) is 11.4 Å². The molecule has 0 radical (unpaired) electrons. The molecule has 3 N–H and O–H groups in total. The highest BCUT2D eigenvalue weighted by molar-refractivity contribution is 7.11. The molecule has 0 aliphatic carbocycles. The van der Waals surface area contributed by atoms with E-state index in [9.17, 15) is 4.79 Å². The zero-order valence-electron chi connectivity index (χ0n) is 12.7. The Labute approximate surface area is 128 Å². The van der Waals surface area contributed by atoms with Crippen LogP contribution in [0.3, 0.4) is 0 Å². The molecule has 0 saturated carbocycles. The molecule has 0 aliphatic rings. The van der Waals surface area contributed by atoms with E-state index in [1.165, 1.54) is 9.78 Å². The molecule has 5 nitrogen and oxygen atoms in total. The molecular formula is C15H20N4OS. The van der Waals surface area contributed by atoms with Gasteiger partial charge >= 0.3 is 0 Å². The van der Waals surface area contributed by atoms with Crippen molar-refractivity contribution in [1.82, 2.24) is 9.88 Å². The number of carbonyl (C=O) groups excluding carboxylic acids is 1. The number of hydrogen-bond acceptors (Lipinski definition) is 5. The molecule has 1 amide bonds. The minimum absolute atomic E-state index is 0.0585. The number of carbonyl (C=O) groups is 1. The first-order valence-corrected chi connectivity index (χ1v) is 7.50. The van der Waals surface area contributed by atoms with Crippen molar-refractivity contribution in [3.8, 4) is 0 Å². The Morgan fingerprint density at radius 3 is 2.67 bits per heavy atom. The van der Waals surface area contributed by atoms with Crippen molar-refractivity contribution in [3.05, 3.63) is 39.8 Å². The van der Waals surface area contributed by atoms with Gasteiger partial charge in [0.25, 0.3) is 5.91 Å². The molecule has 21 heavy (non-hydrogen) atoms. The summed E-state index contributed by atoms with van der Waals surface area (Å²) < 4.78 is 0. The first-order chi connectivity index (χ1) is 9.88. The number of nitrogen functional groups attached to an aromatic ring is 1. The maximum atomic E-state index is 11.9. The van der Waals surface area contributed by atoms with Crippen molar-refractivity contribution in [3.63, 3.8) is 0 Å². The van der Waals surface area contributed by atoms with Gasteiger partial charge in [-0.15, -0.1) is 11.3 Å². The highest BCUT2D eigenvalue weighted by atomic mass is 32.1. The van der Waals surface area contributed by atoms with Crippen LogP contribution in [-0.4, -0.2) is 29.9 Å². The fraction of sp³-hybridized carbons (Fsp3) is 0.333. The van der Waals surface area contributed by atoms with Gasteiger partial charge in [-0.1, -0.05) is 0 Å².